The Balaban J connectivity index is 0. The summed E-state index contributed by atoms with van der Waals surface area (Å²) in [5.74, 6) is 0. The van der Waals surface area contributed by atoms with Gasteiger partial charge in [-0.1, -0.05) is 0 Å². The summed E-state index contributed by atoms with van der Waals surface area (Å²) in [6, 6.07) is 0. The Morgan fingerprint density at radius 3 is 1.50 bits per heavy atom. The molecule has 36 valence electrons. The van der Waals surface area contributed by atoms with Crippen molar-refractivity contribution >= 4 is 8.41 Å². The number of quaternary nitrogens is 1. The van der Waals surface area contributed by atoms with E-state index >= 15 is 0 Å². The number of rotatable bonds is 2. The van der Waals surface area contributed by atoms with Crippen molar-refractivity contribution in [3.63, 3.8) is 0 Å². The Labute approximate surface area is 41.7 Å². The third-order valence-electron chi connectivity index (χ3n) is 0.577. The second-order valence-corrected chi connectivity index (χ2v) is 1.11. The van der Waals surface area contributed by atoms with Gasteiger partial charge in [0.05, 0.1) is 13.1 Å². The molecule has 0 rings (SSSR count). The lowest BCUT2D eigenvalue weighted by Crippen LogP contribution is -2.82. The van der Waals surface area contributed by atoms with Gasteiger partial charge in [0.25, 0.3) is 0 Å². The van der Waals surface area contributed by atoms with Gasteiger partial charge >= 0.3 is 0 Å². The number of hydrogen-bond donors (Lipinski definition) is 1. The molecule has 6 heavy (non-hydrogen) atoms. The fourth-order valence-corrected chi connectivity index (χ4v) is 0.289. The van der Waals surface area contributed by atoms with Crippen molar-refractivity contribution in [2.75, 3.05) is 13.1 Å². The van der Waals surface area contributed by atoms with Crippen LogP contribution in [0.4, 0.5) is 0 Å². The third kappa shape index (κ3) is 8.98. The molecule has 0 amide bonds. The molecule has 0 spiro atoms. The maximum absolute atomic E-state index is 2.25. The predicted molar refractivity (Wildman–Crippen MR) is 28.8 cm³/mol. The molecule has 2 heteroatoms. The Morgan fingerprint density at radius 1 is 1.17 bits per heavy atom. The molecule has 0 aliphatic carbocycles. The van der Waals surface area contributed by atoms with Gasteiger partial charge < -0.3 is 13.7 Å². The van der Waals surface area contributed by atoms with Crippen molar-refractivity contribution in [3.05, 3.63) is 0 Å². The lowest BCUT2D eigenvalue weighted by atomic mass is 10.7. The topological polar surface area (TPSA) is 16.6 Å². The van der Waals surface area contributed by atoms with E-state index in [0.717, 1.165) is 0 Å². The van der Waals surface area contributed by atoms with Gasteiger partial charge in [0.2, 0.25) is 0 Å². The van der Waals surface area contributed by atoms with E-state index in [0.29, 0.717) is 0 Å². The standard InChI is InChI=1S/C4H11N.B/c1-3-5-4-2;/h5H,3-4H2,1-2H3;/q;-1/p+1. The van der Waals surface area contributed by atoms with Crippen LogP contribution < -0.4 is 5.32 Å². The Kier molecular flexibility index (Phi) is 13.9. The lowest BCUT2D eigenvalue weighted by Gasteiger charge is -1.83. The summed E-state index contributed by atoms with van der Waals surface area (Å²) in [7, 11) is 0. The van der Waals surface area contributed by atoms with Crippen molar-refractivity contribution in [3.8, 4) is 0 Å². The van der Waals surface area contributed by atoms with Crippen LogP contribution in [0.1, 0.15) is 13.8 Å². The van der Waals surface area contributed by atoms with Gasteiger partial charge in [0.15, 0.2) is 0 Å². The molecular weight excluding hydrogens is 72.9 g/mol. The second-order valence-electron chi connectivity index (χ2n) is 1.11. The summed E-state index contributed by atoms with van der Waals surface area (Å²) in [6.45, 7) is 6.75. The van der Waals surface area contributed by atoms with E-state index in [4.69, 9.17) is 0 Å². The van der Waals surface area contributed by atoms with E-state index in [9.17, 15) is 0 Å². The van der Waals surface area contributed by atoms with Crippen LogP contribution in [0, 0.1) is 0 Å². The molecule has 0 unspecified atom stereocenters. The number of nitrogens with two attached hydrogens (primary N) is 1. The average Bonchev–Trinajstić information content (AvgIpc) is 1.41. The Morgan fingerprint density at radius 2 is 1.50 bits per heavy atom. The second kappa shape index (κ2) is 8.90. The van der Waals surface area contributed by atoms with Crippen molar-refractivity contribution in [2.45, 2.75) is 13.8 Å². The molecule has 0 heterocycles. The van der Waals surface area contributed by atoms with Gasteiger partial charge in [0, 0.05) is 0 Å². The highest BCUT2D eigenvalue weighted by Crippen LogP contribution is 1.29. The van der Waals surface area contributed by atoms with Crippen molar-refractivity contribution in [1.82, 2.24) is 0 Å². The van der Waals surface area contributed by atoms with Gasteiger partial charge in [-0.05, 0) is 13.8 Å². The van der Waals surface area contributed by atoms with Crippen LogP contribution in [0.15, 0.2) is 0 Å². The SMILES string of the molecule is CC[NH2+]CC.[B-]. The van der Waals surface area contributed by atoms with E-state index in [1.54, 1.807) is 0 Å². The highest BCUT2D eigenvalue weighted by Gasteiger charge is 1.67. The molecule has 1 nitrogen and oxygen atoms in total. The summed E-state index contributed by atoms with van der Waals surface area (Å²) in [5, 5.41) is 2.25. The molecule has 0 saturated heterocycles. The minimum absolute atomic E-state index is 0. The first-order valence-corrected chi connectivity index (χ1v) is 2.23. The fraction of sp³-hybridized carbons (Fsp3) is 1.00. The number of hydrogen-bond acceptors (Lipinski definition) is 0. The molecule has 4 radical (unpaired) electrons. The minimum Gasteiger partial charge on any atom is -1.00 e. The monoisotopic (exact) mass is 85.1 g/mol. The Hall–Kier alpha value is 0.0249. The van der Waals surface area contributed by atoms with Crippen LogP contribution in [0.5, 0.6) is 0 Å². The molecule has 0 aliphatic heterocycles. The minimum atomic E-state index is 0. The third-order valence-corrected chi connectivity index (χ3v) is 0.577. The van der Waals surface area contributed by atoms with Gasteiger partial charge in [-0.2, -0.15) is 0 Å². The van der Waals surface area contributed by atoms with E-state index < -0.39 is 0 Å². The Bertz CT molecular complexity index is 15.0. The molecule has 0 aromatic rings. The van der Waals surface area contributed by atoms with Crippen molar-refractivity contribution < 1.29 is 5.32 Å². The predicted octanol–water partition coefficient (Wildman–Crippen LogP) is -0.791. The zero-order valence-corrected chi connectivity index (χ0v) is 4.57. The smallest absolute Gasteiger partial charge is 0.0726 e. The lowest BCUT2D eigenvalue weighted by molar-refractivity contribution is -0.648. The molecule has 2 N–H and O–H groups in total. The summed E-state index contributed by atoms with van der Waals surface area (Å²) in [5.41, 5.74) is 0. The summed E-state index contributed by atoms with van der Waals surface area (Å²) in [4.78, 5) is 0. The molecule has 0 aromatic heterocycles. The van der Waals surface area contributed by atoms with Crippen molar-refractivity contribution in [1.29, 1.82) is 0 Å². The first-order valence-electron chi connectivity index (χ1n) is 2.23. The molecule has 0 aliphatic rings. The van der Waals surface area contributed by atoms with Gasteiger partial charge in [-0.3, -0.25) is 0 Å². The summed E-state index contributed by atoms with van der Waals surface area (Å²) in [6.07, 6.45) is 0. The van der Waals surface area contributed by atoms with Gasteiger partial charge in [-0.15, -0.1) is 0 Å². The molecule has 0 aromatic carbocycles. The quantitative estimate of drug-likeness (QED) is 0.423. The van der Waals surface area contributed by atoms with Crippen LogP contribution in [0.25, 0.3) is 0 Å². The molecule has 0 saturated carbocycles. The molecular formula is C4H12BN. The summed E-state index contributed by atoms with van der Waals surface area (Å²) < 4.78 is 0. The maximum Gasteiger partial charge on any atom is 0.0726 e. The molecule has 0 bridgehead atoms. The first-order chi connectivity index (χ1) is 2.41. The van der Waals surface area contributed by atoms with Crippen molar-refractivity contribution in [2.24, 2.45) is 0 Å². The largest absolute Gasteiger partial charge is 1.00 e. The first kappa shape index (κ1) is 9.39. The maximum atomic E-state index is 2.25. The van der Waals surface area contributed by atoms with Crippen LogP contribution in [0.2, 0.25) is 0 Å². The van der Waals surface area contributed by atoms with Crippen LogP contribution in [0.3, 0.4) is 0 Å². The van der Waals surface area contributed by atoms with E-state index in [-0.39, 0.29) is 8.41 Å². The van der Waals surface area contributed by atoms with Gasteiger partial charge in [-0.25, -0.2) is 0 Å². The van der Waals surface area contributed by atoms with Crippen LogP contribution >= 0.6 is 0 Å². The van der Waals surface area contributed by atoms with Crippen LogP contribution in [-0.2, 0) is 0 Å². The van der Waals surface area contributed by atoms with Gasteiger partial charge in [0.1, 0.15) is 0 Å². The van der Waals surface area contributed by atoms with E-state index in [2.05, 4.69) is 19.2 Å². The highest BCUT2D eigenvalue weighted by atomic mass is 14.8. The summed E-state index contributed by atoms with van der Waals surface area (Å²) >= 11 is 0. The molecule has 0 fully saturated rings. The zero-order valence-electron chi connectivity index (χ0n) is 4.57. The van der Waals surface area contributed by atoms with E-state index in [1.165, 1.54) is 13.1 Å². The normalized spacial score (nSPS) is 7.00. The zero-order chi connectivity index (χ0) is 4.12. The average molecular weight is 85.0 g/mol. The fourth-order valence-electron chi connectivity index (χ4n) is 0.289. The highest BCUT2D eigenvalue weighted by molar-refractivity contribution is 5.75. The van der Waals surface area contributed by atoms with E-state index in [1.807, 2.05) is 0 Å². The molecule has 0 atom stereocenters. The van der Waals surface area contributed by atoms with Crippen LogP contribution in [-0.4, -0.2) is 21.5 Å².